The Morgan fingerprint density at radius 2 is 2.11 bits per heavy atom. The summed E-state index contributed by atoms with van der Waals surface area (Å²) >= 11 is 0. The third-order valence-electron chi connectivity index (χ3n) is 3.23. The molecule has 4 nitrogen and oxygen atoms in total. The number of fused-ring (bicyclic) bond motifs is 1. The second-order valence-corrected chi connectivity index (χ2v) is 4.34. The van der Waals surface area contributed by atoms with Gasteiger partial charge in [-0.2, -0.15) is 0 Å². The Balaban J connectivity index is 2.24. The topological polar surface area (TPSA) is 39.7 Å². The molecule has 0 saturated heterocycles. The number of likely N-dealkylation sites (N-methyl/N-ethyl adjacent to an activating group) is 1. The highest BCUT2D eigenvalue weighted by Crippen LogP contribution is 2.29. The van der Waals surface area contributed by atoms with Crippen molar-refractivity contribution in [2.75, 3.05) is 27.4 Å². The highest BCUT2D eigenvalue weighted by Gasteiger charge is 2.23. The van der Waals surface area contributed by atoms with Crippen molar-refractivity contribution in [2.24, 2.45) is 0 Å². The summed E-state index contributed by atoms with van der Waals surface area (Å²) in [7, 11) is 3.32. The number of hydrogen-bond acceptors (Lipinski definition) is 4. The molecule has 0 radical (unpaired) electrons. The molecule has 1 atom stereocenters. The van der Waals surface area contributed by atoms with Gasteiger partial charge in [-0.05, 0) is 23.7 Å². The predicted molar refractivity (Wildman–Crippen MR) is 69.9 cm³/mol. The van der Waals surface area contributed by atoms with Crippen LogP contribution < -0.4 is 10.1 Å². The summed E-state index contributed by atoms with van der Waals surface area (Å²) in [5.74, 6) is 1.00. The van der Waals surface area contributed by atoms with E-state index in [0.717, 1.165) is 25.3 Å². The van der Waals surface area contributed by atoms with Crippen LogP contribution >= 0.6 is 0 Å². The van der Waals surface area contributed by atoms with E-state index >= 15 is 0 Å². The quantitative estimate of drug-likeness (QED) is 0.784. The first kappa shape index (κ1) is 13.3. The predicted octanol–water partition coefficient (Wildman–Crippen LogP) is 1.89. The van der Waals surface area contributed by atoms with Crippen LogP contribution in [0.3, 0.4) is 0 Å². The molecule has 100 valence electrons. The summed E-state index contributed by atoms with van der Waals surface area (Å²) in [6, 6.07) is 6.32. The minimum Gasteiger partial charge on any atom is -0.493 e. The second-order valence-electron chi connectivity index (χ2n) is 4.34. The lowest BCUT2D eigenvalue weighted by molar-refractivity contribution is -0.123. The second kappa shape index (κ2) is 6.18. The van der Waals surface area contributed by atoms with Gasteiger partial charge in [0.25, 0.3) is 0 Å². The van der Waals surface area contributed by atoms with E-state index in [1.165, 1.54) is 11.1 Å². The molecule has 0 aromatic heterocycles. The molecule has 2 rings (SSSR count). The molecule has 1 heterocycles. The molecule has 0 saturated carbocycles. The lowest BCUT2D eigenvalue weighted by Gasteiger charge is -2.26. The molecule has 1 unspecified atom stereocenters. The minimum atomic E-state index is -0.287. The largest absolute Gasteiger partial charge is 0.493 e. The lowest BCUT2D eigenvalue weighted by Crippen LogP contribution is -2.34. The Bertz CT molecular complexity index is 391. The Kier molecular flexibility index (Phi) is 4.58. The molecule has 0 bridgehead atoms. The SMILES string of the molecule is CCNC(c1ccc2c(c1)CCO2)C(OC)OC. The van der Waals surface area contributed by atoms with E-state index in [9.17, 15) is 0 Å². The number of hydrogen-bond donors (Lipinski definition) is 1. The maximum Gasteiger partial charge on any atom is 0.176 e. The van der Waals surface area contributed by atoms with Crippen molar-refractivity contribution in [2.45, 2.75) is 25.7 Å². The van der Waals surface area contributed by atoms with Gasteiger partial charge in [-0.25, -0.2) is 0 Å². The molecule has 0 aliphatic carbocycles. The Labute approximate surface area is 108 Å². The first-order chi connectivity index (χ1) is 8.80. The normalized spacial score (nSPS) is 15.6. The van der Waals surface area contributed by atoms with Crippen molar-refractivity contribution in [3.63, 3.8) is 0 Å². The van der Waals surface area contributed by atoms with Crippen LogP contribution in [-0.4, -0.2) is 33.7 Å². The van der Waals surface area contributed by atoms with Crippen LogP contribution in [-0.2, 0) is 15.9 Å². The number of methoxy groups -OCH3 is 2. The van der Waals surface area contributed by atoms with Crippen LogP contribution in [0.4, 0.5) is 0 Å². The van der Waals surface area contributed by atoms with Gasteiger partial charge >= 0.3 is 0 Å². The molecular formula is C14H21NO3. The molecule has 1 aliphatic rings. The highest BCUT2D eigenvalue weighted by molar-refractivity contribution is 5.41. The lowest BCUT2D eigenvalue weighted by atomic mass is 10.0. The van der Waals surface area contributed by atoms with Crippen molar-refractivity contribution < 1.29 is 14.2 Å². The maximum absolute atomic E-state index is 5.52. The van der Waals surface area contributed by atoms with Crippen LogP contribution in [0.25, 0.3) is 0 Å². The molecule has 1 aliphatic heterocycles. The zero-order valence-electron chi connectivity index (χ0n) is 11.2. The van der Waals surface area contributed by atoms with Gasteiger partial charge in [-0.15, -0.1) is 0 Å². The third kappa shape index (κ3) is 2.66. The summed E-state index contributed by atoms with van der Waals surface area (Å²) < 4.78 is 16.3. The van der Waals surface area contributed by atoms with E-state index < -0.39 is 0 Å². The fourth-order valence-electron chi connectivity index (χ4n) is 2.36. The van der Waals surface area contributed by atoms with E-state index in [-0.39, 0.29) is 12.3 Å². The first-order valence-corrected chi connectivity index (χ1v) is 6.34. The molecule has 18 heavy (non-hydrogen) atoms. The fraction of sp³-hybridized carbons (Fsp3) is 0.571. The van der Waals surface area contributed by atoms with Crippen LogP contribution in [0.2, 0.25) is 0 Å². The summed E-state index contributed by atoms with van der Waals surface area (Å²) in [5, 5.41) is 3.40. The summed E-state index contributed by atoms with van der Waals surface area (Å²) in [6.45, 7) is 3.72. The molecule has 1 aromatic rings. The van der Waals surface area contributed by atoms with Crippen molar-refractivity contribution in [1.29, 1.82) is 0 Å². The maximum atomic E-state index is 5.52. The average Bonchev–Trinajstić information content (AvgIpc) is 2.86. The first-order valence-electron chi connectivity index (χ1n) is 6.34. The van der Waals surface area contributed by atoms with Gasteiger partial charge in [0.15, 0.2) is 6.29 Å². The summed E-state index contributed by atoms with van der Waals surface area (Å²) in [5.41, 5.74) is 2.44. The minimum absolute atomic E-state index is 0.0379. The zero-order chi connectivity index (χ0) is 13.0. The molecule has 0 amide bonds. The van der Waals surface area contributed by atoms with Crippen molar-refractivity contribution in [1.82, 2.24) is 5.32 Å². The molecule has 4 heteroatoms. The average molecular weight is 251 g/mol. The van der Waals surface area contributed by atoms with E-state index in [4.69, 9.17) is 14.2 Å². The van der Waals surface area contributed by atoms with Crippen LogP contribution in [0.1, 0.15) is 24.1 Å². The number of benzene rings is 1. The molecular weight excluding hydrogens is 230 g/mol. The molecule has 1 N–H and O–H groups in total. The number of ether oxygens (including phenoxy) is 3. The third-order valence-corrected chi connectivity index (χ3v) is 3.23. The Hall–Kier alpha value is -1.10. The summed E-state index contributed by atoms with van der Waals surface area (Å²) in [4.78, 5) is 0. The standard InChI is InChI=1S/C14H21NO3/c1-4-15-13(14(16-2)17-3)11-5-6-12-10(9-11)7-8-18-12/h5-6,9,13-15H,4,7-8H2,1-3H3. The van der Waals surface area contributed by atoms with E-state index in [2.05, 4.69) is 24.4 Å². The fourth-order valence-corrected chi connectivity index (χ4v) is 2.36. The van der Waals surface area contributed by atoms with Crippen molar-refractivity contribution in [3.05, 3.63) is 29.3 Å². The van der Waals surface area contributed by atoms with Crippen LogP contribution in [0.5, 0.6) is 5.75 Å². The van der Waals surface area contributed by atoms with Gasteiger partial charge < -0.3 is 19.5 Å². The summed E-state index contributed by atoms with van der Waals surface area (Å²) in [6.07, 6.45) is 0.692. The highest BCUT2D eigenvalue weighted by atomic mass is 16.7. The van der Waals surface area contributed by atoms with Crippen LogP contribution in [0.15, 0.2) is 18.2 Å². The van der Waals surface area contributed by atoms with Crippen LogP contribution in [0, 0.1) is 0 Å². The monoisotopic (exact) mass is 251 g/mol. The zero-order valence-corrected chi connectivity index (χ0v) is 11.2. The molecule has 1 aromatic carbocycles. The van der Waals surface area contributed by atoms with E-state index in [0.29, 0.717) is 0 Å². The molecule has 0 spiro atoms. The van der Waals surface area contributed by atoms with Gasteiger partial charge in [-0.1, -0.05) is 19.1 Å². The van der Waals surface area contributed by atoms with Crippen molar-refractivity contribution in [3.8, 4) is 5.75 Å². The smallest absolute Gasteiger partial charge is 0.176 e. The number of nitrogens with one attached hydrogen (secondary N) is 1. The van der Waals surface area contributed by atoms with Gasteiger partial charge in [0.2, 0.25) is 0 Å². The van der Waals surface area contributed by atoms with Gasteiger partial charge in [0, 0.05) is 20.6 Å². The van der Waals surface area contributed by atoms with Gasteiger partial charge in [0.1, 0.15) is 5.75 Å². The Morgan fingerprint density at radius 3 is 2.78 bits per heavy atom. The Morgan fingerprint density at radius 1 is 1.33 bits per heavy atom. The van der Waals surface area contributed by atoms with Gasteiger partial charge in [0.05, 0.1) is 12.6 Å². The number of rotatable bonds is 6. The van der Waals surface area contributed by atoms with E-state index in [1.807, 2.05) is 6.07 Å². The van der Waals surface area contributed by atoms with Gasteiger partial charge in [-0.3, -0.25) is 0 Å². The molecule has 0 fully saturated rings. The van der Waals surface area contributed by atoms with E-state index in [1.54, 1.807) is 14.2 Å². The van der Waals surface area contributed by atoms with Crippen molar-refractivity contribution >= 4 is 0 Å².